The molecule has 190 valence electrons. The molecule has 2 aliphatic rings. The van der Waals surface area contributed by atoms with E-state index in [0.29, 0.717) is 35.5 Å². The van der Waals surface area contributed by atoms with Gasteiger partial charge in [-0.05, 0) is 60.2 Å². The van der Waals surface area contributed by atoms with Gasteiger partial charge in [0.25, 0.3) is 0 Å². The lowest BCUT2D eigenvalue weighted by atomic mass is 9.71. The van der Waals surface area contributed by atoms with Gasteiger partial charge in [0, 0.05) is 29.3 Å². The molecule has 0 saturated carbocycles. The van der Waals surface area contributed by atoms with Gasteiger partial charge in [0.2, 0.25) is 0 Å². The molecule has 5 rings (SSSR count). The number of nitrogens with one attached hydrogen (secondary N) is 1. The Hall–Kier alpha value is -4.06. The van der Waals surface area contributed by atoms with Gasteiger partial charge in [0.15, 0.2) is 17.3 Å². The van der Waals surface area contributed by atoms with E-state index in [1.165, 1.54) is 0 Å². The highest BCUT2D eigenvalue weighted by molar-refractivity contribution is 6.05. The summed E-state index contributed by atoms with van der Waals surface area (Å²) in [6, 6.07) is 19.9. The van der Waals surface area contributed by atoms with E-state index in [0.717, 1.165) is 33.3 Å². The molecule has 0 aromatic heterocycles. The molecule has 3 aromatic carbocycles. The first-order chi connectivity index (χ1) is 18.0. The number of allylic oxidation sites excluding steroid dienone is 3. The van der Waals surface area contributed by atoms with Gasteiger partial charge in [-0.3, -0.25) is 4.79 Å². The monoisotopic (exact) mass is 497 g/mol. The molecule has 0 amide bonds. The normalized spacial score (nSPS) is 19.4. The lowest BCUT2D eigenvalue weighted by molar-refractivity contribution is -0.138. The van der Waals surface area contributed by atoms with Gasteiger partial charge < -0.3 is 19.5 Å². The first-order valence-electron chi connectivity index (χ1n) is 12.6. The zero-order valence-corrected chi connectivity index (χ0v) is 21.6. The van der Waals surface area contributed by atoms with Gasteiger partial charge in [-0.15, -0.1) is 0 Å². The molecular weight excluding hydrogens is 466 g/mol. The first-order valence-corrected chi connectivity index (χ1v) is 12.6. The average Bonchev–Trinajstić information content (AvgIpc) is 2.91. The van der Waals surface area contributed by atoms with Gasteiger partial charge in [0.1, 0.15) is 0 Å². The van der Waals surface area contributed by atoms with E-state index in [1.54, 1.807) is 21.1 Å². The molecule has 6 heteroatoms. The smallest absolute Gasteiger partial charge is 0.336 e. The summed E-state index contributed by atoms with van der Waals surface area (Å²) in [5.74, 6) is 0.396. The largest absolute Gasteiger partial charge is 0.493 e. The molecule has 3 aromatic rings. The Balaban J connectivity index is 1.63. The summed E-state index contributed by atoms with van der Waals surface area (Å²) in [4.78, 5) is 27.2. The minimum absolute atomic E-state index is 0.0244. The predicted octanol–water partition coefficient (Wildman–Crippen LogP) is 5.78. The SMILES string of the molecule is CCOC(=O)C1=C(C)NC2=C(C(=O)C[C@H](c3ccc(OC)c(OC)c3)C2)[C@H]1c1cccc2ccccc12. The van der Waals surface area contributed by atoms with Crippen LogP contribution in [-0.4, -0.2) is 32.6 Å². The number of rotatable bonds is 6. The Bertz CT molecular complexity index is 1450. The quantitative estimate of drug-likeness (QED) is 0.435. The fourth-order valence-corrected chi connectivity index (χ4v) is 5.67. The van der Waals surface area contributed by atoms with Crippen LogP contribution in [0.5, 0.6) is 11.5 Å². The maximum atomic E-state index is 13.9. The number of fused-ring (bicyclic) bond motifs is 1. The molecule has 1 heterocycles. The molecule has 0 unspecified atom stereocenters. The number of ether oxygens (including phenoxy) is 3. The number of esters is 1. The Labute approximate surface area is 216 Å². The zero-order valence-electron chi connectivity index (χ0n) is 21.6. The van der Waals surface area contributed by atoms with Crippen LogP contribution in [0.1, 0.15) is 49.7 Å². The van der Waals surface area contributed by atoms with Gasteiger partial charge in [-0.25, -0.2) is 4.79 Å². The molecule has 0 spiro atoms. The van der Waals surface area contributed by atoms with Gasteiger partial charge in [-0.2, -0.15) is 0 Å². The minimum atomic E-state index is -0.500. The maximum Gasteiger partial charge on any atom is 0.336 e. The number of hydrogen-bond acceptors (Lipinski definition) is 6. The Morgan fingerprint density at radius 1 is 0.973 bits per heavy atom. The van der Waals surface area contributed by atoms with E-state index >= 15 is 0 Å². The molecule has 1 aliphatic heterocycles. The number of dihydropyridines is 1. The van der Waals surface area contributed by atoms with E-state index in [9.17, 15) is 9.59 Å². The van der Waals surface area contributed by atoms with Gasteiger partial charge >= 0.3 is 5.97 Å². The van der Waals surface area contributed by atoms with E-state index in [2.05, 4.69) is 5.32 Å². The predicted molar refractivity (Wildman–Crippen MR) is 143 cm³/mol. The molecule has 1 aliphatic carbocycles. The standard InChI is InChI=1S/C31H31NO5/c1-5-37-31(34)28-18(2)32-24-15-21(20-13-14-26(35-3)27(17-20)36-4)16-25(33)30(24)29(28)23-12-8-10-19-9-6-7-11-22(19)23/h6-14,17,21,29,32H,5,15-16H2,1-4H3/t21-,29+/m1/s1. The van der Waals surface area contributed by atoms with Gasteiger partial charge in [-0.1, -0.05) is 48.5 Å². The summed E-state index contributed by atoms with van der Waals surface area (Å²) in [7, 11) is 3.21. The van der Waals surface area contributed by atoms with E-state index in [4.69, 9.17) is 14.2 Å². The highest BCUT2D eigenvalue weighted by atomic mass is 16.5. The molecule has 0 saturated heterocycles. The number of benzene rings is 3. The molecule has 1 N–H and O–H groups in total. The van der Waals surface area contributed by atoms with Crippen molar-refractivity contribution in [1.29, 1.82) is 0 Å². The third kappa shape index (κ3) is 4.37. The molecule has 37 heavy (non-hydrogen) atoms. The second-order valence-corrected chi connectivity index (χ2v) is 9.42. The van der Waals surface area contributed by atoms with Crippen molar-refractivity contribution in [3.8, 4) is 11.5 Å². The van der Waals surface area contributed by atoms with Crippen molar-refractivity contribution >= 4 is 22.5 Å². The third-order valence-corrected chi connectivity index (χ3v) is 7.34. The molecule has 0 bridgehead atoms. The van der Waals surface area contributed by atoms with Crippen molar-refractivity contribution in [2.45, 2.75) is 38.5 Å². The van der Waals surface area contributed by atoms with Crippen LogP contribution in [0.15, 0.2) is 83.2 Å². The summed E-state index contributed by atoms with van der Waals surface area (Å²) in [5, 5.41) is 5.50. The van der Waals surface area contributed by atoms with Crippen molar-refractivity contribution < 1.29 is 23.8 Å². The van der Waals surface area contributed by atoms with Crippen molar-refractivity contribution in [3.05, 3.63) is 94.3 Å². The van der Waals surface area contributed by atoms with E-state index in [-0.39, 0.29) is 18.3 Å². The van der Waals surface area contributed by atoms with E-state index < -0.39 is 11.9 Å². The van der Waals surface area contributed by atoms with Crippen LogP contribution in [-0.2, 0) is 14.3 Å². The summed E-state index contributed by atoms with van der Waals surface area (Å²) in [5.41, 5.74) is 4.68. The topological polar surface area (TPSA) is 73.9 Å². The van der Waals surface area contributed by atoms with Gasteiger partial charge in [0.05, 0.1) is 26.4 Å². The second kappa shape index (κ2) is 10.1. The summed E-state index contributed by atoms with van der Waals surface area (Å²) < 4.78 is 16.4. The van der Waals surface area contributed by atoms with Crippen molar-refractivity contribution in [2.75, 3.05) is 20.8 Å². The molecule has 0 fully saturated rings. The second-order valence-electron chi connectivity index (χ2n) is 9.42. The Morgan fingerprint density at radius 2 is 1.73 bits per heavy atom. The van der Waals surface area contributed by atoms with Crippen molar-refractivity contribution in [1.82, 2.24) is 5.32 Å². The third-order valence-electron chi connectivity index (χ3n) is 7.34. The summed E-state index contributed by atoms with van der Waals surface area (Å²) >= 11 is 0. The fourth-order valence-electron chi connectivity index (χ4n) is 5.67. The Kier molecular flexibility index (Phi) is 6.74. The lowest BCUT2D eigenvalue weighted by Crippen LogP contribution is -2.36. The summed E-state index contributed by atoms with van der Waals surface area (Å²) in [6.45, 7) is 3.94. The van der Waals surface area contributed by atoms with Crippen LogP contribution in [0.25, 0.3) is 10.8 Å². The number of carbonyl (C=O) groups excluding carboxylic acids is 2. The molecule has 2 atom stereocenters. The average molecular weight is 498 g/mol. The summed E-state index contributed by atoms with van der Waals surface area (Å²) in [6.07, 6.45) is 0.984. The van der Waals surface area contributed by atoms with Crippen LogP contribution >= 0.6 is 0 Å². The highest BCUT2D eigenvalue weighted by Gasteiger charge is 2.42. The fraction of sp³-hybridized carbons (Fsp3) is 0.290. The number of ketones is 1. The number of methoxy groups -OCH3 is 2. The van der Waals surface area contributed by atoms with Crippen LogP contribution in [0.4, 0.5) is 0 Å². The van der Waals surface area contributed by atoms with Crippen LogP contribution in [0.3, 0.4) is 0 Å². The minimum Gasteiger partial charge on any atom is -0.493 e. The Morgan fingerprint density at radius 3 is 2.49 bits per heavy atom. The van der Waals surface area contributed by atoms with Crippen LogP contribution in [0, 0.1) is 0 Å². The van der Waals surface area contributed by atoms with Crippen LogP contribution < -0.4 is 14.8 Å². The first kappa shape index (κ1) is 24.6. The number of carbonyl (C=O) groups is 2. The zero-order chi connectivity index (χ0) is 26.1. The molecular formula is C31H31NO5. The van der Waals surface area contributed by atoms with Crippen LogP contribution in [0.2, 0.25) is 0 Å². The van der Waals surface area contributed by atoms with E-state index in [1.807, 2.05) is 67.6 Å². The lowest BCUT2D eigenvalue weighted by Gasteiger charge is -2.37. The number of hydrogen-bond donors (Lipinski definition) is 1. The molecule has 6 nitrogen and oxygen atoms in total. The van der Waals surface area contributed by atoms with Crippen molar-refractivity contribution in [2.24, 2.45) is 0 Å². The highest BCUT2D eigenvalue weighted by Crippen LogP contribution is 2.47. The maximum absolute atomic E-state index is 13.9. The number of Topliss-reactive ketones (excluding diaryl/α,β-unsaturated/α-hetero) is 1. The molecule has 0 radical (unpaired) electrons. The van der Waals surface area contributed by atoms with Crippen molar-refractivity contribution in [3.63, 3.8) is 0 Å².